The highest BCUT2D eigenvalue weighted by Crippen LogP contribution is 2.29. The fourth-order valence-electron chi connectivity index (χ4n) is 3.14. The van der Waals surface area contributed by atoms with Crippen LogP contribution in [0.5, 0.6) is 0 Å². The number of thiophene rings is 1. The van der Waals surface area contributed by atoms with Crippen molar-refractivity contribution >= 4 is 11.3 Å². The summed E-state index contributed by atoms with van der Waals surface area (Å²) in [4.78, 5) is 3.10. The largest absolute Gasteiger partial charge is 0.314 e. The van der Waals surface area contributed by atoms with E-state index in [0.717, 1.165) is 12.5 Å². The normalized spacial score (nSPS) is 19.0. The lowest BCUT2D eigenvalue weighted by molar-refractivity contribution is 0.270. The van der Waals surface area contributed by atoms with Crippen LogP contribution in [-0.4, -0.2) is 12.6 Å². The minimum Gasteiger partial charge on any atom is -0.314 e. The Kier molecular flexibility index (Phi) is 5.71. The second-order valence-electron chi connectivity index (χ2n) is 5.49. The molecule has 1 nitrogen and oxygen atoms in total. The molecular formula is C16H27NS. The van der Waals surface area contributed by atoms with Crippen molar-refractivity contribution in [2.75, 3.05) is 6.54 Å². The predicted molar refractivity (Wildman–Crippen MR) is 81.4 cm³/mol. The molecule has 18 heavy (non-hydrogen) atoms. The van der Waals surface area contributed by atoms with Gasteiger partial charge in [0, 0.05) is 15.8 Å². The Morgan fingerprint density at radius 1 is 1.17 bits per heavy atom. The molecule has 1 aliphatic rings. The summed E-state index contributed by atoms with van der Waals surface area (Å²) in [6.45, 7) is 5.59. The Morgan fingerprint density at radius 2 is 1.89 bits per heavy atom. The molecule has 102 valence electrons. The first-order valence-electron chi connectivity index (χ1n) is 7.64. The van der Waals surface area contributed by atoms with Crippen molar-refractivity contribution in [3.05, 3.63) is 21.9 Å². The summed E-state index contributed by atoms with van der Waals surface area (Å²) in [5.41, 5.74) is 0. The van der Waals surface area contributed by atoms with Gasteiger partial charge in [0.05, 0.1) is 0 Å². The molecule has 1 fully saturated rings. The van der Waals surface area contributed by atoms with Crippen molar-refractivity contribution < 1.29 is 0 Å². The highest BCUT2D eigenvalue weighted by Gasteiger charge is 2.23. The van der Waals surface area contributed by atoms with Crippen LogP contribution < -0.4 is 5.32 Å². The summed E-state index contributed by atoms with van der Waals surface area (Å²) in [5, 5.41) is 3.73. The summed E-state index contributed by atoms with van der Waals surface area (Å²) >= 11 is 2.01. The molecule has 0 saturated heterocycles. The molecule has 2 heteroatoms. The van der Waals surface area contributed by atoms with E-state index in [2.05, 4.69) is 31.3 Å². The number of likely N-dealkylation sites (N-methyl/N-ethyl adjacent to an activating group) is 1. The number of hydrogen-bond donors (Lipinski definition) is 1. The van der Waals surface area contributed by atoms with Gasteiger partial charge < -0.3 is 5.32 Å². The average molecular weight is 265 g/mol. The lowest BCUT2D eigenvalue weighted by Crippen LogP contribution is -2.38. The number of hydrogen-bond acceptors (Lipinski definition) is 2. The van der Waals surface area contributed by atoms with Gasteiger partial charge in [-0.1, -0.05) is 33.1 Å². The van der Waals surface area contributed by atoms with E-state index in [-0.39, 0.29) is 0 Å². The van der Waals surface area contributed by atoms with Crippen LogP contribution in [0.1, 0.15) is 55.7 Å². The fraction of sp³-hybridized carbons (Fsp3) is 0.750. The lowest BCUT2D eigenvalue weighted by Gasteiger charge is -2.30. The molecule has 1 saturated carbocycles. The van der Waals surface area contributed by atoms with Gasteiger partial charge in [0.15, 0.2) is 0 Å². The number of aryl methyl sites for hydroxylation is 1. The Bertz CT molecular complexity index is 339. The van der Waals surface area contributed by atoms with Gasteiger partial charge in [-0.2, -0.15) is 0 Å². The van der Waals surface area contributed by atoms with Gasteiger partial charge in [-0.05, 0) is 50.3 Å². The number of nitrogens with one attached hydrogen (secondary N) is 1. The third kappa shape index (κ3) is 3.83. The molecular weight excluding hydrogens is 238 g/mol. The number of rotatable bonds is 6. The van der Waals surface area contributed by atoms with Gasteiger partial charge in [0.1, 0.15) is 0 Å². The molecule has 1 aromatic rings. The summed E-state index contributed by atoms with van der Waals surface area (Å²) < 4.78 is 0. The highest BCUT2D eigenvalue weighted by atomic mass is 32.1. The molecule has 1 aliphatic carbocycles. The maximum absolute atomic E-state index is 3.73. The zero-order valence-electron chi connectivity index (χ0n) is 11.9. The minimum atomic E-state index is 0.707. The molecule has 1 aromatic heterocycles. The standard InChI is InChI=1S/C16H27NS/c1-3-14-10-11-15(18-14)12-16(17-4-2)13-8-6-5-7-9-13/h10-11,13,16-17H,3-9,12H2,1-2H3. The van der Waals surface area contributed by atoms with Crippen molar-refractivity contribution in [3.63, 3.8) is 0 Å². The van der Waals surface area contributed by atoms with Crippen LogP contribution in [0.15, 0.2) is 12.1 Å². The van der Waals surface area contributed by atoms with Crippen LogP contribution in [-0.2, 0) is 12.8 Å². The van der Waals surface area contributed by atoms with E-state index in [4.69, 9.17) is 0 Å². The molecule has 1 N–H and O–H groups in total. The summed E-state index contributed by atoms with van der Waals surface area (Å²) in [5.74, 6) is 0.908. The zero-order valence-corrected chi connectivity index (χ0v) is 12.7. The van der Waals surface area contributed by atoms with Crippen molar-refractivity contribution in [1.29, 1.82) is 0 Å². The van der Waals surface area contributed by atoms with E-state index in [9.17, 15) is 0 Å². The lowest BCUT2D eigenvalue weighted by atomic mass is 9.82. The Balaban J connectivity index is 1.95. The molecule has 0 aliphatic heterocycles. The second-order valence-corrected chi connectivity index (χ2v) is 6.74. The van der Waals surface area contributed by atoms with Gasteiger partial charge in [-0.15, -0.1) is 11.3 Å². The molecule has 0 amide bonds. The first-order chi connectivity index (χ1) is 8.83. The summed E-state index contributed by atoms with van der Waals surface area (Å²) in [6.07, 6.45) is 9.62. The maximum Gasteiger partial charge on any atom is 0.0143 e. The molecule has 0 bridgehead atoms. The van der Waals surface area contributed by atoms with Crippen molar-refractivity contribution in [2.24, 2.45) is 5.92 Å². The van der Waals surface area contributed by atoms with Gasteiger partial charge in [-0.25, -0.2) is 0 Å². The highest BCUT2D eigenvalue weighted by molar-refractivity contribution is 7.11. The quantitative estimate of drug-likeness (QED) is 0.803. The van der Waals surface area contributed by atoms with Crippen LogP contribution in [0.3, 0.4) is 0 Å². The second kappa shape index (κ2) is 7.30. The Morgan fingerprint density at radius 3 is 2.50 bits per heavy atom. The molecule has 0 spiro atoms. The minimum absolute atomic E-state index is 0.707. The van der Waals surface area contributed by atoms with E-state index < -0.39 is 0 Å². The van der Waals surface area contributed by atoms with E-state index in [1.807, 2.05) is 11.3 Å². The molecule has 0 aromatic carbocycles. The van der Waals surface area contributed by atoms with Gasteiger partial charge in [0.2, 0.25) is 0 Å². The van der Waals surface area contributed by atoms with Crippen LogP contribution >= 0.6 is 11.3 Å². The van der Waals surface area contributed by atoms with Crippen LogP contribution in [0.4, 0.5) is 0 Å². The Labute approximate surface area is 116 Å². The summed E-state index contributed by atoms with van der Waals surface area (Å²) in [7, 11) is 0. The van der Waals surface area contributed by atoms with Gasteiger partial charge in [-0.3, -0.25) is 0 Å². The molecule has 0 radical (unpaired) electrons. The summed E-state index contributed by atoms with van der Waals surface area (Å²) in [6, 6.07) is 5.36. The SMILES string of the molecule is CCNC(Cc1ccc(CC)s1)C1CCCCC1. The van der Waals surface area contributed by atoms with Crippen molar-refractivity contribution in [3.8, 4) is 0 Å². The Hall–Kier alpha value is -0.340. The molecule has 1 unspecified atom stereocenters. The van der Waals surface area contributed by atoms with Crippen LogP contribution in [0.2, 0.25) is 0 Å². The fourth-order valence-corrected chi connectivity index (χ4v) is 4.16. The van der Waals surface area contributed by atoms with E-state index in [0.29, 0.717) is 6.04 Å². The van der Waals surface area contributed by atoms with E-state index >= 15 is 0 Å². The molecule has 1 heterocycles. The third-order valence-corrected chi connectivity index (χ3v) is 5.42. The van der Waals surface area contributed by atoms with E-state index in [1.54, 1.807) is 4.88 Å². The van der Waals surface area contributed by atoms with Gasteiger partial charge >= 0.3 is 0 Å². The van der Waals surface area contributed by atoms with Gasteiger partial charge in [0.25, 0.3) is 0 Å². The maximum atomic E-state index is 3.73. The third-order valence-electron chi connectivity index (χ3n) is 4.17. The molecule has 2 rings (SSSR count). The van der Waals surface area contributed by atoms with E-state index in [1.165, 1.54) is 49.8 Å². The predicted octanol–water partition coefficient (Wildman–Crippen LogP) is 4.41. The van der Waals surface area contributed by atoms with Crippen LogP contribution in [0, 0.1) is 5.92 Å². The van der Waals surface area contributed by atoms with Crippen LogP contribution in [0.25, 0.3) is 0 Å². The topological polar surface area (TPSA) is 12.0 Å². The first kappa shape index (κ1) is 14.1. The van der Waals surface area contributed by atoms with Crippen molar-refractivity contribution in [1.82, 2.24) is 5.32 Å². The first-order valence-corrected chi connectivity index (χ1v) is 8.46. The van der Waals surface area contributed by atoms with Crippen molar-refractivity contribution in [2.45, 2.75) is 64.8 Å². The molecule has 1 atom stereocenters. The average Bonchev–Trinajstić information content (AvgIpc) is 2.87. The monoisotopic (exact) mass is 265 g/mol. The smallest absolute Gasteiger partial charge is 0.0143 e. The zero-order chi connectivity index (χ0) is 12.8.